The topological polar surface area (TPSA) is 75.1 Å². The highest BCUT2D eigenvalue weighted by atomic mass is 32.1. The number of thiazole rings is 1. The number of hydrogen-bond donors (Lipinski definition) is 2. The van der Waals surface area contributed by atoms with Gasteiger partial charge in [-0.05, 0) is 13.0 Å². The molecule has 0 saturated heterocycles. The van der Waals surface area contributed by atoms with E-state index in [4.69, 9.17) is 5.11 Å². The molecule has 2 aromatic heterocycles. The maximum absolute atomic E-state index is 11.0. The molecule has 2 heterocycles. The molecule has 0 fully saturated rings. The highest BCUT2D eigenvalue weighted by Crippen LogP contribution is 2.15. The van der Waals surface area contributed by atoms with Gasteiger partial charge in [-0.2, -0.15) is 0 Å². The summed E-state index contributed by atoms with van der Waals surface area (Å²) in [6.45, 7) is 2.48. The largest absolute Gasteiger partial charge is 0.478 e. The Morgan fingerprint density at radius 2 is 2.33 bits per heavy atom. The first-order chi connectivity index (χ1) is 8.66. The SMILES string of the molecule is Cc1cc(NCCc2cscn2)c(C(=O)O)cn1. The number of hydrogen-bond acceptors (Lipinski definition) is 5. The van der Waals surface area contributed by atoms with Crippen LogP contribution in [0, 0.1) is 6.92 Å². The van der Waals surface area contributed by atoms with Crippen molar-refractivity contribution in [3.8, 4) is 0 Å². The molecule has 0 saturated carbocycles. The van der Waals surface area contributed by atoms with Gasteiger partial charge in [-0.25, -0.2) is 9.78 Å². The minimum Gasteiger partial charge on any atom is -0.478 e. The summed E-state index contributed by atoms with van der Waals surface area (Å²) >= 11 is 1.55. The van der Waals surface area contributed by atoms with Crippen LogP contribution in [-0.2, 0) is 6.42 Å². The zero-order chi connectivity index (χ0) is 13.0. The molecule has 0 bridgehead atoms. The quantitative estimate of drug-likeness (QED) is 0.865. The standard InChI is InChI=1S/C12H13N3O2S/c1-8-4-11(10(5-14-8)12(16)17)13-3-2-9-6-18-7-15-9/h4-7H,2-3H2,1H3,(H,13,14)(H,16,17). The van der Waals surface area contributed by atoms with Crippen LogP contribution < -0.4 is 5.32 Å². The van der Waals surface area contributed by atoms with E-state index in [1.54, 1.807) is 22.9 Å². The van der Waals surface area contributed by atoms with E-state index in [-0.39, 0.29) is 5.56 Å². The fourth-order valence-corrected chi connectivity index (χ4v) is 2.16. The molecule has 0 spiro atoms. The molecule has 18 heavy (non-hydrogen) atoms. The lowest BCUT2D eigenvalue weighted by Crippen LogP contribution is -2.10. The Hall–Kier alpha value is -1.95. The molecule has 0 aliphatic heterocycles. The van der Waals surface area contributed by atoms with Crippen molar-refractivity contribution in [1.29, 1.82) is 0 Å². The third kappa shape index (κ3) is 3.04. The second-order valence-corrected chi connectivity index (χ2v) is 4.55. The van der Waals surface area contributed by atoms with Gasteiger partial charge in [-0.1, -0.05) is 0 Å². The van der Waals surface area contributed by atoms with Crippen molar-refractivity contribution in [2.45, 2.75) is 13.3 Å². The number of nitrogens with one attached hydrogen (secondary N) is 1. The van der Waals surface area contributed by atoms with E-state index in [1.807, 2.05) is 12.3 Å². The number of rotatable bonds is 5. The number of aromatic nitrogens is 2. The van der Waals surface area contributed by atoms with E-state index in [9.17, 15) is 4.79 Å². The summed E-state index contributed by atoms with van der Waals surface area (Å²) in [5.74, 6) is -0.973. The number of aryl methyl sites for hydroxylation is 1. The summed E-state index contributed by atoms with van der Waals surface area (Å²) in [4.78, 5) is 19.2. The highest BCUT2D eigenvalue weighted by Gasteiger charge is 2.10. The fourth-order valence-electron chi connectivity index (χ4n) is 1.56. The van der Waals surface area contributed by atoms with Crippen molar-refractivity contribution in [3.63, 3.8) is 0 Å². The van der Waals surface area contributed by atoms with Crippen LogP contribution in [0.15, 0.2) is 23.2 Å². The average Bonchev–Trinajstić information content (AvgIpc) is 2.82. The minimum atomic E-state index is -0.973. The highest BCUT2D eigenvalue weighted by molar-refractivity contribution is 7.07. The van der Waals surface area contributed by atoms with Crippen molar-refractivity contribution in [1.82, 2.24) is 9.97 Å². The minimum absolute atomic E-state index is 0.193. The summed E-state index contributed by atoms with van der Waals surface area (Å²) in [5.41, 5.74) is 4.38. The Bertz CT molecular complexity index is 540. The number of carboxylic acids is 1. The van der Waals surface area contributed by atoms with Gasteiger partial charge in [0.1, 0.15) is 5.56 Å². The van der Waals surface area contributed by atoms with E-state index < -0.39 is 5.97 Å². The Morgan fingerprint density at radius 3 is 3.00 bits per heavy atom. The molecule has 0 atom stereocenters. The van der Waals surface area contributed by atoms with E-state index in [1.165, 1.54) is 6.20 Å². The Balaban J connectivity index is 2.03. The van der Waals surface area contributed by atoms with Crippen molar-refractivity contribution in [2.24, 2.45) is 0 Å². The Morgan fingerprint density at radius 1 is 1.50 bits per heavy atom. The molecule has 2 N–H and O–H groups in total. The van der Waals surface area contributed by atoms with Gasteiger partial charge < -0.3 is 10.4 Å². The van der Waals surface area contributed by atoms with Gasteiger partial charge in [0, 0.05) is 30.2 Å². The first-order valence-corrected chi connectivity index (χ1v) is 6.42. The van der Waals surface area contributed by atoms with Crippen LogP contribution in [0.1, 0.15) is 21.7 Å². The summed E-state index contributed by atoms with van der Waals surface area (Å²) in [6, 6.07) is 1.74. The zero-order valence-corrected chi connectivity index (χ0v) is 10.7. The molecule has 2 rings (SSSR count). The molecule has 0 unspecified atom stereocenters. The second-order valence-electron chi connectivity index (χ2n) is 3.83. The lowest BCUT2D eigenvalue weighted by molar-refractivity contribution is 0.0697. The fraction of sp³-hybridized carbons (Fsp3) is 0.250. The van der Waals surface area contributed by atoms with Crippen molar-refractivity contribution < 1.29 is 9.90 Å². The van der Waals surface area contributed by atoms with Gasteiger partial charge >= 0.3 is 5.97 Å². The third-order valence-electron chi connectivity index (χ3n) is 2.45. The van der Waals surface area contributed by atoms with Crippen LogP contribution in [0.3, 0.4) is 0 Å². The van der Waals surface area contributed by atoms with Crippen molar-refractivity contribution in [2.75, 3.05) is 11.9 Å². The lowest BCUT2D eigenvalue weighted by Gasteiger charge is -2.09. The molecule has 94 valence electrons. The van der Waals surface area contributed by atoms with Crippen LogP contribution in [-0.4, -0.2) is 27.6 Å². The van der Waals surface area contributed by atoms with Crippen LogP contribution >= 0.6 is 11.3 Å². The normalized spacial score (nSPS) is 10.3. The van der Waals surface area contributed by atoms with Crippen LogP contribution in [0.2, 0.25) is 0 Å². The molecule has 0 radical (unpaired) electrons. The van der Waals surface area contributed by atoms with Crippen molar-refractivity contribution >= 4 is 23.0 Å². The van der Waals surface area contributed by atoms with E-state index in [2.05, 4.69) is 15.3 Å². The molecule has 0 aromatic carbocycles. The van der Waals surface area contributed by atoms with Crippen LogP contribution in [0.4, 0.5) is 5.69 Å². The number of pyridine rings is 1. The molecule has 5 nitrogen and oxygen atoms in total. The van der Waals surface area contributed by atoms with Gasteiger partial charge in [-0.15, -0.1) is 11.3 Å². The number of carbonyl (C=O) groups is 1. The average molecular weight is 263 g/mol. The predicted octanol–water partition coefficient (Wildman–Crippen LogP) is 2.20. The number of nitrogens with zero attached hydrogens (tertiary/aromatic N) is 2. The maximum Gasteiger partial charge on any atom is 0.339 e. The third-order valence-corrected chi connectivity index (χ3v) is 3.09. The first kappa shape index (κ1) is 12.5. The van der Waals surface area contributed by atoms with E-state index >= 15 is 0 Å². The molecule has 0 aliphatic rings. The molecule has 2 aromatic rings. The second kappa shape index (κ2) is 5.59. The molecular weight excluding hydrogens is 250 g/mol. The summed E-state index contributed by atoms with van der Waals surface area (Å²) in [6.07, 6.45) is 2.15. The molecular formula is C12H13N3O2S. The lowest BCUT2D eigenvalue weighted by atomic mass is 10.2. The van der Waals surface area contributed by atoms with Gasteiger partial charge in [-0.3, -0.25) is 4.98 Å². The summed E-state index contributed by atoms with van der Waals surface area (Å²) < 4.78 is 0. The van der Waals surface area contributed by atoms with Gasteiger partial charge in [0.15, 0.2) is 0 Å². The predicted molar refractivity (Wildman–Crippen MR) is 70.2 cm³/mol. The Labute approximate surface area is 109 Å². The maximum atomic E-state index is 11.0. The molecule has 0 aliphatic carbocycles. The summed E-state index contributed by atoms with van der Waals surface area (Å²) in [7, 11) is 0. The number of aromatic carboxylic acids is 1. The number of anilines is 1. The van der Waals surface area contributed by atoms with Gasteiger partial charge in [0.25, 0.3) is 0 Å². The first-order valence-electron chi connectivity index (χ1n) is 5.47. The van der Waals surface area contributed by atoms with Crippen LogP contribution in [0.25, 0.3) is 0 Å². The summed E-state index contributed by atoms with van der Waals surface area (Å²) in [5, 5.41) is 14.2. The van der Waals surface area contributed by atoms with Crippen molar-refractivity contribution in [3.05, 3.63) is 40.1 Å². The van der Waals surface area contributed by atoms with Gasteiger partial charge in [0.2, 0.25) is 0 Å². The van der Waals surface area contributed by atoms with E-state index in [0.717, 1.165) is 17.8 Å². The van der Waals surface area contributed by atoms with Gasteiger partial charge in [0.05, 0.1) is 16.9 Å². The Kier molecular flexibility index (Phi) is 3.88. The molecule has 0 amide bonds. The number of carboxylic acid groups (broad SMARTS) is 1. The zero-order valence-electron chi connectivity index (χ0n) is 9.88. The molecule has 6 heteroatoms. The van der Waals surface area contributed by atoms with E-state index in [0.29, 0.717) is 12.2 Å². The van der Waals surface area contributed by atoms with Crippen LogP contribution in [0.5, 0.6) is 0 Å². The monoisotopic (exact) mass is 263 g/mol. The smallest absolute Gasteiger partial charge is 0.339 e.